The summed E-state index contributed by atoms with van der Waals surface area (Å²) >= 11 is 0. The monoisotopic (exact) mass is 468 g/mol. The number of nitrogens with one attached hydrogen (secondary N) is 1. The summed E-state index contributed by atoms with van der Waals surface area (Å²) in [5.41, 5.74) is 2.33. The van der Waals surface area contributed by atoms with Crippen LogP contribution in [-0.4, -0.2) is 68.1 Å². The first-order valence-corrected chi connectivity index (χ1v) is 11.4. The zero-order valence-electron chi connectivity index (χ0n) is 18.8. The number of hydrogen-bond donors (Lipinski definition) is 1. The van der Waals surface area contributed by atoms with Crippen LogP contribution >= 0.6 is 0 Å². The molecule has 2 fully saturated rings. The third kappa shape index (κ3) is 4.32. The van der Waals surface area contributed by atoms with E-state index in [1.165, 1.54) is 6.20 Å². The number of carbonyl (C=O) groups is 2. The summed E-state index contributed by atoms with van der Waals surface area (Å²) in [5.74, 6) is -3.11. The Labute approximate surface area is 195 Å². The first kappa shape index (κ1) is 22.2. The van der Waals surface area contributed by atoms with Crippen LogP contribution in [0.5, 0.6) is 0 Å². The lowest BCUT2D eigenvalue weighted by Crippen LogP contribution is -2.49. The summed E-state index contributed by atoms with van der Waals surface area (Å²) in [6, 6.07) is 9.14. The van der Waals surface area contributed by atoms with E-state index in [4.69, 9.17) is 0 Å². The van der Waals surface area contributed by atoms with Gasteiger partial charge in [-0.05, 0) is 30.7 Å². The van der Waals surface area contributed by atoms with Crippen molar-refractivity contribution >= 4 is 23.3 Å². The van der Waals surface area contributed by atoms with Crippen molar-refractivity contribution in [1.82, 2.24) is 24.2 Å². The number of likely N-dealkylation sites (tertiary alicyclic amines) is 1. The molecule has 0 radical (unpaired) electrons. The van der Waals surface area contributed by atoms with Crippen molar-refractivity contribution < 1.29 is 18.4 Å². The van der Waals surface area contributed by atoms with Crippen LogP contribution in [0, 0.1) is 5.92 Å². The van der Waals surface area contributed by atoms with Crippen LogP contribution in [0.25, 0.3) is 5.65 Å². The summed E-state index contributed by atoms with van der Waals surface area (Å²) in [6.07, 6.45) is 5.16. The minimum atomic E-state index is -2.72. The molecule has 1 saturated carbocycles. The number of likely N-dealkylation sites (N-methyl/N-ethyl adjacent to an activating group) is 1. The highest BCUT2D eigenvalue weighted by molar-refractivity contribution is 5.94. The first-order valence-electron chi connectivity index (χ1n) is 11.4. The number of anilines is 1. The fraction of sp³-hybridized carbons (Fsp3) is 0.417. The summed E-state index contributed by atoms with van der Waals surface area (Å²) in [4.78, 5) is 37.3. The molecule has 1 saturated heterocycles. The van der Waals surface area contributed by atoms with Crippen molar-refractivity contribution in [2.75, 3.05) is 25.5 Å². The molecule has 0 unspecified atom stereocenters. The lowest BCUT2D eigenvalue weighted by Gasteiger charge is -2.37. The Morgan fingerprint density at radius 1 is 1.18 bits per heavy atom. The molecule has 2 amide bonds. The second kappa shape index (κ2) is 8.66. The quantitative estimate of drug-likeness (QED) is 0.601. The van der Waals surface area contributed by atoms with Crippen LogP contribution in [0.4, 0.5) is 14.6 Å². The largest absolute Gasteiger partial charge is 0.364 e. The summed E-state index contributed by atoms with van der Waals surface area (Å²) in [6.45, 7) is 1.43. The molecule has 1 aliphatic carbocycles. The number of hydrogen-bond acceptors (Lipinski definition) is 5. The summed E-state index contributed by atoms with van der Waals surface area (Å²) in [7, 11) is 1.64. The van der Waals surface area contributed by atoms with E-state index in [2.05, 4.69) is 15.3 Å². The molecule has 8 nitrogen and oxygen atoms in total. The number of rotatable bonds is 6. The SMILES string of the molecule is CN(C(=O)C1CC(F)(F)C1)[C@H]1CCN(C(=O)c2ccc(NCc3cnc4ccccn34)nc2)C1. The number of imidazole rings is 1. The second-order valence-corrected chi connectivity index (χ2v) is 9.07. The van der Waals surface area contributed by atoms with Gasteiger partial charge in [-0.1, -0.05) is 6.07 Å². The zero-order chi connectivity index (χ0) is 23.9. The molecule has 0 aromatic carbocycles. The van der Waals surface area contributed by atoms with Gasteiger partial charge in [0.05, 0.1) is 30.0 Å². The van der Waals surface area contributed by atoms with Gasteiger partial charge in [-0.25, -0.2) is 18.7 Å². The van der Waals surface area contributed by atoms with E-state index >= 15 is 0 Å². The molecule has 3 aromatic rings. The van der Waals surface area contributed by atoms with Crippen molar-refractivity contribution in [3.05, 3.63) is 60.2 Å². The van der Waals surface area contributed by atoms with Crippen LogP contribution in [0.3, 0.4) is 0 Å². The van der Waals surface area contributed by atoms with Crippen molar-refractivity contribution in [1.29, 1.82) is 0 Å². The van der Waals surface area contributed by atoms with Gasteiger partial charge < -0.3 is 19.5 Å². The van der Waals surface area contributed by atoms with Crippen molar-refractivity contribution in [2.45, 2.75) is 37.8 Å². The zero-order valence-corrected chi connectivity index (χ0v) is 18.8. The summed E-state index contributed by atoms with van der Waals surface area (Å²) in [5, 5.41) is 3.24. The fourth-order valence-corrected chi connectivity index (χ4v) is 4.65. The van der Waals surface area contributed by atoms with E-state index < -0.39 is 11.8 Å². The number of nitrogens with zero attached hydrogens (tertiary/aromatic N) is 5. The molecule has 2 aliphatic rings. The Hall–Kier alpha value is -3.56. The van der Waals surface area contributed by atoms with Gasteiger partial charge in [-0.15, -0.1) is 0 Å². The maximum Gasteiger partial charge on any atom is 0.255 e. The van der Waals surface area contributed by atoms with E-state index in [-0.39, 0.29) is 30.7 Å². The molecular weight excluding hydrogens is 442 g/mol. The predicted molar refractivity (Wildman–Crippen MR) is 122 cm³/mol. The van der Waals surface area contributed by atoms with Crippen LogP contribution in [0.15, 0.2) is 48.9 Å². The van der Waals surface area contributed by atoms with Crippen molar-refractivity contribution in [3.63, 3.8) is 0 Å². The van der Waals surface area contributed by atoms with E-state index in [1.54, 1.807) is 29.0 Å². The van der Waals surface area contributed by atoms with Gasteiger partial charge in [0.15, 0.2) is 0 Å². The molecular formula is C24H26F2N6O2. The van der Waals surface area contributed by atoms with Crippen LogP contribution < -0.4 is 5.32 Å². The van der Waals surface area contributed by atoms with Crippen LogP contribution in [0.2, 0.25) is 0 Å². The highest BCUT2D eigenvalue weighted by Crippen LogP contribution is 2.43. The maximum absolute atomic E-state index is 13.1. The number of fused-ring (bicyclic) bond motifs is 1. The number of carbonyl (C=O) groups excluding carboxylic acids is 2. The smallest absolute Gasteiger partial charge is 0.255 e. The topological polar surface area (TPSA) is 82.8 Å². The Morgan fingerprint density at radius 3 is 2.74 bits per heavy atom. The second-order valence-electron chi connectivity index (χ2n) is 9.07. The Morgan fingerprint density at radius 2 is 2.00 bits per heavy atom. The Bertz CT molecular complexity index is 1200. The van der Waals surface area contributed by atoms with Gasteiger partial charge in [-0.3, -0.25) is 9.59 Å². The van der Waals surface area contributed by atoms with Gasteiger partial charge >= 0.3 is 0 Å². The van der Waals surface area contributed by atoms with Crippen molar-refractivity contribution in [3.8, 4) is 0 Å². The molecule has 1 atom stereocenters. The normalized spacial score (nSPS) is 19.7. The van der Waals surface area contributed by atoms with Crippen LogP contribution in [0.1, 0.15) is 35.3 Å². The lowest BCUT2D eigenvalue weighted by atomic mass is 9.80. The Balaban J connectivity index is 1.15. The molecule has 10 heteroatoms. The molecule has 5 rings (SSSR count). The number of halogens is 2. The third-order valence-corrected chi connectivity index (χ3v) is 6.74. The molecule has 4 heterocycles. The third-order valence-electron chi connectivity index (χ3n) is 6.74. The Kier molecular flexibility index (Phi) is 5.66. The number of amides is 2. The van der Waals surface area contributed by atoms with Gasteiger partial charge in [-0.2, -0.15) is 0 Å². The van der Waals surface area contributed by atoms with Crippen LogP contribution in [-0.2, 0) is 11.3 Å². The van der Waals surface area contributed by atoms with Gasteiger partial charge in [0, 0.05) is 51.3 Å². The molecule has 0 bridgehead atoms. The van der Waals surface area contributed by atoms with E-state index in [0.29, 0.717) is 37.4 Å². The van der Waals surface area contributed by atoms with Gasteiger partial charge in [0.2, 0.25) is 11.8 Å². The standard InChI is InChI=1S/C24H26F2N6O2/c1-30(22(33)17-10-24(25,26)11-17)18-7-9-31(15-18)23(34)16-5-6-20(27-12-16)28-13-19-14-29-21-4-2-3-8-32(19)21/h2-6,8,12,14,17-18H,7,9-11,13,15H2,1H3,(H,27,28)/t18-/m0/s1. The average molecular weight is 469 g/mol. The first-order chi connectivity index (χ1) is 16.3. The molecule has 0 spiro atoms. The number of pyridine rings is 2. The van der Waals surface area contributed by atoms with Crippen molar-refractivity contribution in [2.24, 2.45) is 5.92 Å². The maximum atomic E-state index is 13.1. The highest BCUT2D eigenvalue weighted by Gasteiger charge is 2.50. The molecule has 3 aromatic heterocycles. The molecule has 1 aliphatic heterocycles. The van der Waals surface area contributed by atoms with Gasteiger partial charge in [0.25, 0.3) is 5.91 Å². The van der Waals surface area contributed by atoms with E-state index in [0.717, 1.165) is 11.3 Å². The minimum absolute atomic E-state index is 0.153. The molecule has 1 N–H and O–H groups in total. The number of aromatic nitrogens is 3. The average Bonchev–Trinajstić information content (AvgIpc) is 3.48. The number of alkyl halides is 2. The van der Waals surface area contributed by atoms with Gasteiger partial charge in [0.1, 0.15) is 11.5 Å². The fourth-order valence-electron chi connectivity index (χ4n) is 4.65. The minimum Gasteiger partial charge on any atom is -0.364 e. The summed E-state index contributed by atoms with van der Waals surface area (Å²) < 4.78 is 28.2. The molecule has 34 heavy (non-hydrogen) atoms. The van der Waals surface area contributed by atoms with E-state index in [1.807, 2.05) is 35.0 Å². The van der Waals surface area contributed by atoms with E-state index in [9.17, 15) is 18.4 Å². The lowest BCUT2D eigenvalue weighted by molar-refractivity contribution is -0.160. The highest BCUT2D eigenvalue weighted by atomic mass is 19.3. The molecule has 178 valence electrons. The predicted octanol–water partition coefficient (Wildman–Crippen LogP) is 3.06.